The maximum absolute atomic E-state index is 13.0. The summed E-state index contributed by atoms with van der Waals surface area (Å²) in [6.45, 7) is 1.46. The Balaban J connectivity index is 1.45. The number of para-hydroxylation sites is 1. The van der Waals surface area contributed by atoms with Crippen LogP contribution in [0.4, 0.5) is 10.8 Å². The molecule has 2 aromatic carbocycles. The first-order valence-corrected chi connectivity index (χ1v) is 10.5. The molecule has 7 heteroatoms. The number of anilines is 2. The molecule has 29 heavy (non-hydrogen) atoms. The van der Waals surface area contributed by atoms with Crippen molar-refractivity contribution in [2.24, 2.45) is 0 Å². The van der Waals surface area contributed by atoms with Crippen molar-refractivity contribution in [3.8, 4) is 0 Å². The molecule has 0 atom stereocenters. The minimum atomic E-state index is -0.153. The summed E-state index contributed by atoms with van der Waals surface area (Å²) in [5.74, 6) is -0.292. The number of thiazole rings is 1. The predicted molar refractivity (Wildman–Crippen MR) is 117 cm³/mol. The number of carbonyl (C=O) groups excluding carboxylic acids is 2. The first-order chi connectivity index (χ1) is 14.1. The quantitative estimate of drug-likeness (QED) is 0.455. The average molecular weight is 404 g/mol. The lowest BCUT2D eigenvalue weighted by Gasteiger charge is -2.10. The fourth-order valence-electron chi connectivity index (χ4n) is 4.02. The van der Waals surface area contributed by atoms with Gasteiger partial charge in [-0.2, -0.15) is 0 Å². The van der Waals surface area contributed by atoms with Crippen LogP contribution < -0.4 is 10.6 Å². The highest BCUT2D eigenvalue weighted by Crippen LogP contribution is 2.32. The van der Waals surface area contributed by atoms with Gasteiger partial charge < -0.3 is 15.6 Å². The number of H-pyrrole nitrogens is 1. The molecule has 4 aromatic rings. The molecule has 0 spiro atoms. The third-order valence-electron chi connectivity index (χ3n) is 5.31. The lowest BCUT2D eigenvalue weighted by molar-refractivity contribution is -0.114. The predicted octanol–water partition coefficient (Wildman–Crippen LogP) is 4.87. The fourth-order valence-corrected chi connectivity index (χ4v) is 4.98. The Bertz CT molecular complexity index is 1270. The van der Waals surface area contributed by atoms with Crippen molar-refractivity contribution in [1.82, 2.24) is 9.97 Å². The van der Waals surface area contributed by atoms with Gasteiger partial charge in [-0.05, 0) is 55.5 Å². The molecule has 0 bridgehead atoms. The lowest BCUT2D eigenvalue weighted by Crippen LogP contribution is -2.12. The number of nitrogens with zero attached hydrogens (tertiary/aromatic N) is 1. The van der Waals surface area contributed by atoms with E-state index in [2.05, 4.69) is 26.7 Å². The van der Waals surface area contributed by atoms with Gasteiger partial charge in [0.1, 0.15) is 0 Å². The topological polar surface area (TPSA) is 86.9 Å². The SMILES string of the molecule is CC(=O)Nc1nc2ccc(NC(=O)c3cccc4c5c([nH]c34)CCCC5)cc2s1. The van der Waals surface area contributed by atoms with Crippen LogP contribution in [-0.4, -0.2) is 21.8 Å². The van der Waals surface area contributed by atoms with Crippen molar-refractivity contribution >= 4 is 55.1 Å². The Labute approximate surface area is 171 Å². The van der Waals surface area contributed by atoms with E-state index in [1.807, 2.05) is 30.3 Å². The molecular formula is C22H20N4O2S. The summed E-state index contributed by atoms with van der Waals surface area (Å²) in [5, 5.41) is 7.42. The van der Waals surface area contributed by atoms with Gasteiger partial charge >= 0.3 is 0 Å². The molecule has 0 radical (unpaired) electrons. The number of carbonyl (C=O) groups is 2. The number of aromatic amines is 1. The zero-order chi connectivity index (χ0) is 20.0. The van der Waals surface area contributed by atoms with E-state index >= 15 is 0 Å². The van der Waals surface area contributed by atoms with Gasteiger partial charge in [0, 0.05) is 23.7 Å². The maximum atomic E-state index is 13.0. The number of rotatable bonds is 3. The Kier molecular flexibility index (Phi) is 4.32. The van der Waals surface area contributed by atoms with Crippen molar-refractivity contribution in [3.05, 3.63) is 53.2 Å². The number of hydrogen-bond donors (Lipinski definition) is 3. The minimum absolute atomic E-state index is 0.139. The molecule has 2 heterocycles. The summed E-state index contributed by atoms with van der Waals surface area (Å²) in [6, 6.07) is 11.5. The van der Waals surface area contributed by atoms with E-state index < -0.39 is 0 Å². The lowest BCUT2D eigenvalue weighted by atomic mass is 9.95. The highest BCUT2D eigenvalue weighted by molar-refractivity contribution is 7.22. The van der Waals surface area contributed by atoms with E-state index in [0.717, 1.165) is 34.0 Å². The molecule has 6 nitrogen and oxygen atoms in total. The molecule has 146 valence electrons. The summed E-state index contributed by atoms with van der Waals surface area (Å²) >= 11 is 1.38. The second kappa shape index (κ2) is 7.00. The third kappa shape index (κ3) is 3.27. The zero-order valence-electron chi connectivity index (χ0n) is 16.0. The summed E-state index contributed by atoms with van der Waals surface area (Å²) in [4.78, 5) is 32.1. The molecule has 3 N–H and O–H groups in total. The van der Waals surface area contributed by atoms with Gasteiger partial charge in [-0.1, -0.05) is 23.5 Å². The van der Waals surface area contributed by atoms with E-state index in [0.29, 0.717) is 16.4 Å². The van der Waals surface area contributed by atoms with Crippen molar-refractivity contribution < 1.29 is 9.59 Å². The van der Waals surface area contributed by atoms with Gasteiger partial charge in [-0.3, -0.25) is 9.59 Å². The van der Waals surface area contributed by atoms with Gasteiger partial charge in [-0.15, -0.1) is 0 Å². The van der Waals surface area contributed by atoms with E-state index in [-0.39, 0.29) is 11.8 Å². The second-order valence-corrected chi connectivity index (χ2v) is 8.38. The van der Waals surface area contributed by atoms with Crippen LogP contribution in [0.3, 0.4) is 0 Å². The van der Waals surface area contributed by atoms with Gasteiger partial charge in [0.05, 0.1) is 21.3 Å². The number of aromatic nitrogens is 2. The molecule has 0 saturated heterocycles. The van der Waals surface area contributed by atoms with Crippen LogP contribution in [0, 0.1) is 0 Å². The highest BCUT2D eigenvalue weighted by Gasteiger charge is 2.19. The molecule has 0 aliphatic heterocycles. The smallest absolute Gasteiger partial charge is 0.257 e. The Morgan fingerprint density at radius 3 is 2.83 bits per heavy atom. The van der Waals surface area contributed by atoms with Crippen LogP contribution in [-0.2, 0) is 17.6 Å². The van der Waals surface area contributed by atoms with E-state index in [1.165, 1.54) is 42.4 Å². The molecule has 1 aliphatic carbocycles. The number of amides is 2. The maximum Gasteiger partial charge on any atom is 0.257 e. The standard InChI is InChI=1S/C22H20N4O2S/c1-12(27)23-22-26-18-10-9-13(11-19(18)29-22)24-21(28)16-7-4-6-15-14-5-2-3-8-17(14)25-20(15)16/h4,6-7,9-11,25H,2-3,5,8H2,1H3,(H,24,28)(H,23,26,27). The molecule has 0 fully saturated rings. The Hall–Kier alpha value is -3.19. The monoisotopic (exact) mass is 404 g/mol. The molecule has 2 amide bonds. The van der Waals surface area contributed by atoms with Crippen LogP contribution in [0.1, 0.15) is 41.4 Å². The van der Waals surface area contributed by atoms with Crippen LogP contribution in [0.5, 0.6) is 0 Å². The van der Waals surface area contributed by atoms with Crippen LogP contribution in [0.25, 0.3) is 21.1 Å². The van der Waals surface area contributed by atoms with Crippen molar-refractivity contribution in [2.45, 2.75) is 32.6 Å². The third-order valence-corrected chi connectivity index (χ3v) is 6.24. The summed E-state index contributed by atoms with van der Waals surface area (Å²) < 4.78 is 0.903. The van der Waals surface area contributed by atoms with E-state index in [1.54, 1.807) is 0 Å². The number of benzene rings is 2. The van der Waals surface area contributed by atoms with Crippen LogP contribution in [0.15, 0.2) is 36.4 Å². The van der Waals surface area contributed by atoms with Gasteiger partial charge in [0.2, 0.25) is 5.91 Å². The first kappa shape index (κ1) is 17.9. The van der Waals surface area contributed by atoms with Crippen LogP contribution in [0.2, 0.25) is 0 Å². The number of aryl methyl sites for hydroxylation is 2. The number of nitrogens with one attached hydrogen (secondary N) is 3. The molecule has 5 rings (SSSR count). The van der Waals surface area contributed by atoms with Crippen LogP contribution >= 0.6 is 11.3 Å². The van der Waals surface area contributed by atoms with E-state index in [9.17, 15) is 9.59 Å². The number of hydrogen-bond acceptors (Lipinski definition) is 4. The Morgan fingerprint density at radius 1 is 1.10 bits per heavy atom. The first-order valence-electron chi connectivity index (χ1n) is 9.70. The minimum Gasteiger partial charge on any atom is -0.358 e. The average Bonchev–Trinajstić information content (AvgIpc) is 3.27. The molecule has 1 aliphatic rings. The Morgan fingerprint density at radius 2 is 1.97 bits per heavy atom. The van der Waals surface area contributed by atoms with Gasteiger partial charge in [0.25, 0.3) is 5.91 Å². The summed E-state index contributed by atoms with van der Waals surface area (Å²) in [5.41, 5.74) is 5.69. The van der Waals surface area contributed by atoms with Gasteiger partial charge in [0.15, 0.2) is 5.13 Å². The highest BCUT2D eigenvalue weighted by atomic mass is 32.1. The summed E-state index contributed by atoms with van der Waals surface area (Å²) in [6.07, 6.45) is 4.51. The molecule has 2 aromatic heterocycles. The molecule has 0 saturated carbocycles. The molecular weight excluding hydrogens is 384 g/mol. The van der Waals surface area contributed by atoms with E-state index in [4.69, 9.17) is 0 Å². The van der Waals surface area contributed by atoms with Crippen molar-refractivity contribution in [3.63, 3.8) is 0 Å². The zero-order valence-corrected chi connectivity index (χ0v) is 16.8. The summed E-state index contributed by atoms with van der Waals surface area (Å²) in [7, 11) is 0. The van der Waals surface area contributed by atoms with Crippen molar-refractivity contribution in [1.29, 1.82) is 0 Å². The largest absolute Gasteiger partial charge is 0.358 e. The fraction of sp³-hybridized carbons (Fsp3) is 0.227. The normalized spacial score (nSPS) is 13.4. The van der Waals surface area contributed by atoms with Crippen molar-refractivity contribution in [2.75, 3.05) is 10.6 Å². The number of fused-ring (bicyclic) bond motifs is 4. The molecule has 0 unspecified atom stereocenters. The second-order valence-electron chi connectivity index (χ2n) is 7.35. The van der Waals surface area contributed by atoms with Gasteiger partial charge in [-0.25, -0.2) is 4.98 Å².